The van der Waals surface area contributed by atoms with Crippen LogP contribution >= 0.6 is 11.6 Å². The Hall–Kier alpha value is -1.66. The molecule has 1 aromatic rings. The monoisotopic (exact) mass is 298 g/mol. The Morgan fingerprint density at radius 2 is 2.20 bits per heavy atom. The highest BCUT2D eigenvalue weighted by atomic mass is 35.5. The van der Waals surface area contributed by atoms with Crippen LogP contribution in [0.1, 0.15) is 24.2 Å². The molecule has 0 aromatic heterocycles. The van der Waals surface area contributed by atoms with Gasteiger partial charge in [0, 0.05) is 18.7 Å². The summed E-state index contributed by atoms with van der Waals surface area (Å²) in [6.45, 7) is 4.63. The molecule has 1 heterocycles. The summed E-state index contributed by atoms with van der Waals surface area (Å²) in [6.07, 6.45) is -0.0624. The van der Waals surface area contributed by atoms with E-state index < -0.39 is 4.92 Å². The summed E-state index contributed by atoms with van der Waals surface area (Å²) in [5.74, 6) is -0.304. The zero-order valence-electron chi connectivity index (χ0n) is 11.2. The number of nitro benzene ring substituents is 1. The third-order valence-corrected chi connectivity index (χ3v) is 3.59. The van der Waals surface area contributed by atoms with Crippen molar-refractivity contribution in [2.24, 2.45) is 0 Å². The van der Waals surface area contributed by atoms with Gasteiger partial charge in [0.15, 0.2) is 0 Å². The number of nitro groups is 1. The van der Waals surface area contributed by atoms with E-state index in [1.807, 2.05) is 13.8 Å². The van der Waals surface area contributed by atoms with Crippen molar-refractivity contribution in [3.63, 3.8) is 0 Å². The molecule has 0 aliphatic carbocycles. The number of non-ortho nitro benzene ring substituents is 1. The Bertz CT molecular complexity index is 549. The normalized spacial score (nSPS) is 22.6. The van der Waals surface area contributed by atoms with Crippen LogP contribution in [-0.4, -0.2) is 41.0 Å². The Labute approximate surface area is 121 Å². The van der Waals surface area contributed by atoms with Crippen LogP contribution in [0.15, 0.2) is 18.2 Å². The second kappa shape index (κ2) is 5.76. The highest BCUT2D eigenvalue weighted by Crippen LogP contribution is 2.25. The van der Waals surface area contributed by atoms with E-state index in [4.69, 9.17) is 16.3 Å². The lowest BCUT2D eigenvalue weighted by atomic mass is 10.1. The van der Waals surface area contributed by atoms with Crippen LogP contribution in [-0.2, 0) is 4.74 Å². The molecule has 0 N–H and O–H groups in total. The number of carbonyl (C=O) groups is 1. The minimum atomic E-state index is -0.543. The van der Waals surface area contributed by atoms with Crippen molar-refractivity contribution in [3.8, 4) is 0 Å². The maximum absolute atomic E-state index is 12.5. The van der Waals surface area contributed by atoms with E-state index in [9.17, 15) is 14.9 Å². The molecule has 108 valence electrons. The van der Waals surface area contributed by atoms with Crippen molar-refractivity contribution in [1.82, 2.24) is 4.90 Å². The summed E-state index contributed by atoms with van der Waals surface area (Å²) in [6, 6.07) is 3.79. The van der Waals surface area contributed by atoms with Gasteiger partial charge >= 0.3 is 0 Å². The molecule has 2 rings (SSSR count). The van der Waals surface area contributed by atoms with Crippen molar-refractivity contribution in [2.45, 2.75) is 26.0 Å². The van der Waals surface area contributed by atoms with Crippen LogP contribution in [0.25, 0.3) is 0 Å². The van der Waals surface area contributed by atoms with Crippen LogP contribution in [0.2, 0.25) is 5.02 Å². The molecule has 0 radical (unpaired) electrons. The number of nitrogens with zero attached hydrogens (tertiary/aromatic N) is 2. The number of morpholine rings is 1. The summed E-state index contributed by atoms with van der Waals surface area (Å²) >= 11 is 6.00. The van der Waals surface area contributed by atoms with Gasteiger partial charge in [0.25, 0.3) is 11.6 Å². The first-order valence-corrected chi connectivity index (χ1v) is 6.64. The van der Waals surface area contributed by atoms with Crippen LogP contribution in [0.3, 0.4) is 0 Å². The lowest BCUT2D eigenvalue weighted by molar-refractivity contribution is -0.384. The van der Waals surface area contributed by atoms with Crippen LogP contribution < -0.4 is 0 Å². The van der Waals surface area contributed by atoms with E-state index >= 15 is 0 Å². The van der Waals surface area contributed by atoms with Crippen molar-refractivity contribution < 1.29 is 14.5 Å². The van der Waals surface area contributed by atoms with Gasteiger partial charge in [-0.2, -0.15) is 0 Å². The average molecular weight is 299 g/mol. The molecule has 1 aromatic carbocycles. The molecule has 1 saturated heterocycles. The molecular formula is C13H15ClN2O4. The van der Waals surface area contributed by atoms with Crippen molar-refractivity contribution in [1.29, 1.82) is 0 Å². The molecule has 20 heavy (non-hydrogen) atoms. The lowest BCUT2D eigenvalue weighted by Crippen LogP contribution is -2.50. The zero-order valence-corrected chi connectivity index (χ0v) is 12.0. The first-order valence-electron chi connectivity index (χ1n) is 6.26. The SMILES string of the molecule is C[C@@H]1CO[C@@H](C)CN1C(=O)c1cc([N+](=O)[O-])ccc1Cl. The number of rotatable bonds is 2. The standard InChI is InChI=1S/C13H15ClN2O4/c1-8-7-20-9(2)6-15(8)13(17)11-5-10(16(18)19)3-4-12(11)14/h3-5,8-9H,6-7H2,1-2H3/t8-,9+/m1/s1. The van der Waals surface area contributed by atoms with Gasteiger partial charge in [-0.15, -0.1) is 0 Å². The van der Waals surface area contributed by atoms with E-state index in [-0.39, 0.29) is 34.3 Å². The first kappa shape index (κ1) is 14.7. The molecule has 1 amide bonds. The molecule has 0 spiro atoms. The van der Waals surface area contributed by atoms with Gasteiger partial charge in [-0.25, -0.2) is 0 Å². The van der Waals surface area contributed by atoms with Crippen molar-refractivity contribution in [2.75, 3.05) is 13.2 Å². The van der Waals surface area contributed by atoms with Gasteiger partial charge in [0.2, 0.25) is 0 Å². The van der Waals surface area contributed by atoms with Gasteiger partial charge in [-0.05, 0) is 19.9 Å². The fourth-order valence-electron chi connectivity index (χ4n) is 2.13. The average Bonchev–Trinajstić information content (AvgIpc) is 2.41. The van der Waals surface area contributed by atoms with E-state index in [1.54, 1.807) is 4.90 Å². The lowest BCUT2D eigenvalue weighted by Gasteiger charge is -2.36. The third kappa shape index (κ3) is 2.91. The molecular weight excluding hydrogens is 284 g/mol. The Kier molecular flexibility index (Phi) is 4.25. The van der Waals surface area contributed by atoms with Crippen molar-refractivity contribution in [3.05, 3.63) is 38.9 Å². The van der Waals surface area contributed by atoms with Gasteiger partial charge < -0.3 is 9.64 Å². The van der Waals surface area contributed by atoms with Gasteiger partial charge in [-0.1, -0.05) is 11.6 Å². The van der Waals surface area contributed by atoms with Gasteiger partial charge in [0.1, 0.15) is 0 Å². The van der Waals surface area contributed by atoms with Crippen LogP contribution in [0.5, 0.6) is 0 Å². The predicted octanol–water partition coefficient (Wildman–Crippen LogP) is 2.50. The van der Waals surface area contributed by atoms with Crippen LogP contribution in [0, 0.1) is 10.1 Å². The number of ether oxygens (including phenoxy) is 1. The summed E-state index contributed by atoms with van der Waals surface area (Å²) < 4.78 is 5.46. The maximum Gasteiger partial charge on any atom is 0.270 e. The van der Waals surface area contributed by atoms with Gasteiger partial charge in [0.05, 0.1) is 34.3 Å². The highest BCUT2D eigenvalue weighted by molar-refractivity contribution is 6.33. The fourth-order valence-corrected chi connectivity index (χ4v) is 2.33. The Morgan fingerprint density at radius 1 is 1.50 bits per heavy atom. The van der Waals surface area contributed by atoms with Crippen molar-refractivity contribution >= 4 is 23.2 Å². The number of halogens is 1. The van der Waals surface area contributed by atoms with Crippen LogP contribution in [0.4, 0.5) is 5.69 Å². The third-order valence-electron chi connectivity index (χ3n) is 3.26. The summed E-state index contributed by atoms with van der Waals surface area (Å²) in [5, 5.41) is 11.0. The second-order valence-corrected chi connectivity index (χ2v) is 5.28. The molecule has 2 atom stereocenters. The summed E-state index contributed by atoms with van der Waals surface area (Å²) in [5.41, 5.74) is 0.00790. The largest absolute Gasteiger partial charge is 0.375 e. The highest BCUT2D eigenvalue weighted by Gasteiger charge is 2.30. The number of amides is 1. The second-order valence-electron chi connectivity index (χ2n) is 4.87. The van der Waals surface area contributed by atoms with E-state index in [2.05, 4.69) is 0 Å². The van der Waals surface area contributed by atoms with Gasteiger partial charge in [-0.3, -0.25) is 14.9 Å². The zero-order chi connectivity index (χ0) is 14.9. The predicted molar refractivity (Wildman–Crippen MR) is 74.0 cm³/mol. The molecule has 0 saturated carbocycles. The molecule has 1 aliphatic rings. The fraction of sp³-hybridized carbons (Fsp3) is 0.462. The van der Waals surface area contributed by atoms with E-state index in [0.717, 1.165) is 0 Å². The molecule has 0 unspecified atom stereocenters. The number of hydrogen-bond acceptors (Lipinski definition) is 4. The number of hydrogen-bond donors (Lipinski definition) is 0. The minimum absolute atomic E-state index is 0.0624. The maximum atomic E-state index is 12.5. The minimum Gasteiger partial charge on any atom is -0.375 e. The van der Waals surface area contributed by atoms with E-state index in [0.29, 0.717) is 13.2 Å². The molecule has 6 nitrogen and oxygen atoms in total. The quantitative estimate of drug-likeness (QED) is 0.621. The number of carbonyl (C=O) groups excluding carboxylic acids is 1. The molecule has 7 heteroatoms. The first-order chi connectivity index (χ1) is 9.40. The Balaban J connectivity index is 2.32. The molecule has 1 aliphatic heterocycles. The molecule has 0 bridgehead atoms. The molecule has 1 fully saturated rings. The smallest absolute Gasteiger partial charge is 0.270 e. The summed E-state index contributed by atoms with van der Waals surface area (Å²) in [7, 11) is 0. The summed E-state index contributed by atoms with van der Waals surface area (Å²) in [4.78, 5) is 24.4. The Morgan fingerprint density at radius 3 is 2.85 bits per heavy atom. The topological polar surface area (TPSA) is 72.7 Å². The number of benzene rings is 1. The van der Waals surface area contributed by atoms with E-state index in [1.165, 1.54) is 18.2 Å².